The first-order valence-corrected chi connectivity index (χ1v) is 6.77. The minimum Gasteiger partial charge on any atom is -0.493 e. The highest BCUT2D eigenvalue weighted by Crippen LogP contribution is 2.30. The third-order valence-electron chi connectivity index (χ3n) is 3.52. The number of aromatic nitrogens is 2. The van der Waals surface area contributed by atoms with E-state index in [0.717, 1.165) is 29.8 Å². The van der Waals surface area contributed by atoms with Crippen molar-refractivity contribution in [3.05, 3.63) is 52.3 Å². The molecule has 0 N–H and O–H groups in total. The Kier molecular flexibility index (Phi) is 3.22. The fraction of sp³-hybridized carbons (Fsp3) is 0.312. The number of nitrogens with zero attached hydrogens (tertiary/aromatic N) is 2. The van der Waals surface area contributed by atoms with Gasteiger partial charge in [-0.25, -0.2) is 0 Å². The van der Waals surface area contributed by atoms with Crippen molar-refractivity contribution < 1.29 is 9.53 Å². The van der Waals surface area contributed by atoms with Gasteiger partial charge < -0.3 is 4.74 Å². The lowest BCUT2D eigenvalue weighted by molar-refractivity contribution is 0.103. The maximum absolute atomic E-state index is 12.7. The Balaban J connectivity index is 2.09. The third kappa shape index (κ3) is 2.18. The molecule has 1 aromatic heterocycles. The average Bonchev–Trinajstić information content (AvgIpc) is 2.48. The summed E-state index contributed by atoms with van der Waals surface area (Å²) in [6, 6.07) is 7.54. The van der Waals surface area contributed by atoms with Gasteiger partial charge in [-0.1, -0.05) is 12.1 Å². The lowest BCUT2D eigenvalue weighted by Crippen LogP contribution is -2.14. The van der Waals surface area contributed by atoms with Crippen LogP contribution >= 0.6 is 0 Å². The first-order chi connectivity index (χ1) is 9.66. The number of carbonyl (C=O) groups excluding carboxylic acids is 1. The van der Waals surface area contributed by atoms with Crippen molar-refractivity contribution in [3.63, 3.8) is 0 Å². The average molecular weight is 268 g/mol. The molecule has 0 radical (unpaired) electrons. The van der Waals surface area contributed by atoms with Crippen LogP contribution in [0.4, 0.5) is 0 Å². The van der Waals surface area contributed by atoms with E-state index >= 15 is 0 Å². The maximum Gasteiger partial charge on any atom is 0.198 e. The Morgan fingerprint density at radius 1 is 1.20 bits per heavy atom. The van der Waals surface area contributed by atoms with Crippen LogP contribution in [0, 0.1) is 13.8 Å². The zero-order valence-corrected chi connectivity index (χ0v) is 11.6. The van der Waals surface area contributed by atoms with E-state index in [1.165, 1.54) is 0 Å². The number of fused-ring (bicyclic) bond motifs is 1. The van der Waals surface area contributed by atoms with Crippen LogP contribution in [0.5, 0.6) is 5.75 Å². The van der Waals surface area contributed by atoms with E-state index in [9.17, 15) is 4.79 Å². The molecule has 2 aromatic rings. The van der Waals surface area contributed by atoms with E-state index in [2.05, 4.69) is 10.2 Å². The van der Waals surface area contributed by atoms with Crippen LogP contribution in [0.2, 0.25) is 0 Å². The van der Waals surface area contributed by atoms with Crippen LogP contribution < -0.4 is 4.74 Å². The monoisotopic (exact) mass is 268 g/mol. The number of hydrogen-bond donors (Lipinski definition) is 0. The molecule has 1 aromatic carbocycles. The topological polar surface area (TPSA) is 52.1 Å². The molecule has 0 saturated heterocycles. The maximum atomic E-state index is 12.7. The molecule has 3 rings (SSSR count). The molecular formula is C16H16N2O2. The van der Waals surface area contributed by atoms with Crippen molar-refractivity contribution in [2.24, 2.45) is 0 Å². The molecule has 0 atom stereocenters. The Hall–Kier alpha value is -2.23. The number of ether oxygens (including phenoxy) is 1. The van der Waals surface area contributed by atoms with Crippen LogP contribution in [0.1, 0.15) is 39.3 Å². The van der Waals surface area contributed by atoms with Crippen LogP contribution in [-0.2, 0) is 6.42 Å². The van der Waals surface area contributed by atoms with Crippen molar-refractivity contribution in [1.29, 1.82) is 0 Å². The van der Waals surface area contributed by atoms with Crippen LogP contribution in [0.3, 0.4) is 0 Å². The van der Waals surface area contributed by atoms with E-state index in [-0.39, 0.29) is 5.78 Å². The summed E-state index contributed by atoms with van der Waals surface area (Å²) in [5, 5.41) is 8.00. The third-order valence-corrected chi connectivity index (χ3v) is 3.52. The predicted molar refractivity (Wildman–Crippen MR) is 75.2 cm³/mol. The number of ketones is 1. The Morgan fingerprint density at radius 2 is 2.05 bits per heavy atom. The lowest BCUT2D eigenvalue weighted by atomic mass is 9.96. The van der Waals surface area contributed by atoms with Gasteiger partial charge in [0.15, 0.2) is 5.78 Å². The van der Waals surface area contributed by atoms with Crippen molar-refractivity contribution in [2.45, 2.75) is 26.7 Å². The Bertz CT molecular complexity index is 680. The zero-order valence-electron chi connectivity index (χ0n) is 11.6. The smallest absolute Gasteiger partial charge is 0.198 e. The fourth-order valence-electron chi connectivity index (χ4n) is 2.49. The highest BCUT2D eigenvalue weighted by Gasteiger charge is 2.21. The molecule has 2 heterocycles. The molecule has 0 amide bonds. The number of aryl methyl sites for hydroxylation is 3. The summed E-state index contributed by atoms with van der Waals surface area (Å²) >= 11 is 0. The van der Waals surface area contributed by atoms with E-state index in [0.29, 0.717) is 23.4 Å². The molecule has 0 unspecified atom stereocenters. The first kappa shape index (κ1) is 12.8. The SMILES string of the molecule is Cc1cc(C(=O)c2cccc3c2OCCC3)c(C)nn1. The molecule has 0 saturated carbocycles. The van der Waals surface area contributed by atoms with Gasteiger partial charge >= 0.3 is 0 Å². The van der Waals surface area contributed by atoms with Gasteiger partial charge in [0, 0.05) is 5.56 Å². The summed E-state index contributed by atoms with van der Waals surface area (Å²) in [6.07, 6.45) is 1.96. The van der Waals surface area contributed by atoms with Gasteiger partial charge in [0.2, 0.25) is 0 Å². The van der Waals surface area contributed by atoms with Gasteiger partial charge in [-0.3, -0.25) is 4.79 Å². The number of rotatable bonds is 2. The van der Waals surface area contributed by atoms with Crippen LogP contribution in [-0.4, -0.2) is 22.6 Å². The predicted octanol–water partition coefficient (Wildman–Crippen LogP) is 2.65. The van der Waals surface area contributed by atoms with E-state index in [1.807, 2.05) is 25.1 Å². The van der Waals surface area contributed by atoms with Gasteiger partial charge in [-0.15, -0.1) is 0 Å². The van der Waals surface area contributed by atoms with Gasteiger partial charge in [0.25, 0.3) is 0 Å². The number of carbonyl (C=O) groups is 1. The zero-order chi connectivity index (χ0) is 14.1. The normalized spacial score (nSPS) is 13.5. The Morgan fingerprint density at radius 3 is 2.90 bits per heavy atom. The molecule has 0 fully saturated rings. The van der Waals surface area contributed by atoms with Gasteiger partial charge in [0.05, 0.1) is 23.6 Å². The second-order valence-electron chi connectivity index (χ2n) is 5.06. The van der Waals surface area contributed by atoms with E-state index in [4.69, 9.17) is 4.74 Å². The number of para-hydroxylation sites is 1. The first-order valence-electron chi connectivity index (χ1n) is 6.77. The molecule has 20 heavy (non-hydrogen) atoms. The van der Waals surface area contributed by atoms with E-state index < -0.39 is 0 Å². The minimum absolute atomic E-state index is 0.0424. The summed E-state index contributed by atoms with van der Waals surface area (Å²) in [7, 11) is 0. The van der Waals surface area contributed by atoms with Crippen LogP contribution in [0.25, 0.3) is 0 Å². The van der Waals surface area contributed by atoms with Gasteiger partial charge in [-0.05, 0) is 44.4 Å². The molecule has 0 bridgehead atoms. The quantitative estimate of drug-likeness (QED) is 0.786. The highest BCUT2D eigenvalue weighted by atomic mass is 16.5. The molecule has 0 spiro atoms. The number of benzene rings is 1. The van der Waals surface area contributed by atoms with Crippen LogP contribution in [0.15, 0.2) is 24.3 Å². The summed E-state index contributed by atoms with van der Waals surface area (Å²) in [6.45, 7) is 4.31. The molecular weight excluding hydrogens is 252 g/mol. The summed E-state index contributed by atoms with van der Waals surface area (Å²) in [5.41, 5.74) is 3.72. The standard InChI is InChI=1S/C16H16N2O2/c1-10-9-14(11(2)18-17-10)15(19)13-7-3-5-12-6-4-8-20-16(12)13/h3,5,7,9H,4,6,8H2,1-2H3. The van der Waals surface area contributed by atoms with Crippen molar-refractivity contribution in [1.82, 2.24) is 10.2 Å². The second-order valence-corrected chi connectivity index (χ2v) is 5.06. The van der Waals surface area contributed by atoms with Crippen molar-refractivity contribution in [3.8, 4) is 5.75 Å². The van der Waals surface area contributed by atoms with Gasteiger partial charge in [0.1, 0.15) is 5.75 Å². The largest absolute Gasteiger partial charge is 0.493 e. The molecule has 4 nitrogen and oxygen atoms in total. The second kappa shape index (κ2) is 5.04. The molecule has 102 valence electrons. The Labute approximate surface area is 117 Å². The summed E-state index contributed by atoms with van der Waals surface area (Å²) < 4.78 is 5.71. The lowest BCUT2D eigenvalue weighted by Gasteiger charge is -2.20. The minimum atomic E-state index is -0.0424. The molecule has 4 heteroatoms. The van der Waals surface area contributed by atoms with Crippen molar-refractivity contribution in [2.75, 3.05) is 6.61 Å². The van der Waals surface area contributed by atoms with Crippen molar-refractivity contribution >= 4 is 5.78 Å². The fourth-order valence-corrected chi connectivity index (χ4v) is 2.49. The summed E-state index contributed by atoms with van der Waals surface area (Å²) in [4.78, 5) is 12.7. The number of hydrogen-bond acceptors (Lipinski definition) is 4. The highest BCUT2D eigenvalue weighted by molar-refractivity contribution is 6.11. The van der Waals surface area contributed by atoms with Gasteiger partial charge in [-0.2, -0.15) is 10.2 Å². The molecule has 1 aliphatic rings. The molecule has 0 aliphatic carbocycles. The molecule has 1 aliphatic heterocycles. The van der Waals surface area contributed by atoms with E-state index in [1.54, 1.807) is 13.0 Å². The summed E-state index contributed by atoms with van der Waals surface area (Å²) in [5.74, 6) is 0.692.